The number of hydrogen-bond donors (Lipinski definition) is 0. The van der Waals surface area contributed by atoms with Gasteiger partial charge in [0.2, 0.25) is 5.89 Å². The summed E-state index contributed by atoms with van der Waals surface area (Å²) in [5.74, 6) is 0.833. The molecule has 0 bridgehead atoms. The molecule has 2 atom stereocenters. The number of imide groups is 1. The van der Waals surface area contributed by atoms with E-state index in [-0.39, 0.29) is 18.4 Å². The maximum absolute atomic E-state index is 13.3. The summed E-state index contributed by atoms with van der Waals surface area (Å²) in [5.41, 5.74) is 4.38. The molecule has 0 radical (unpaired) electrons. The van der Waals surface area contributed by atoms with Crippen molar-refractivity contribution in [3.05, 3.63) is 71.1 Å². The van der Waals surface area contributed by atoms with Crippen molar-refractivity contribution >= 4 is 17.5 Å². The number of hydrogen-bond acceptors (Lipinski definition) is 7. The number of nitrogens with zero attached hydrogens (tertiary/aromatic N) is 5. The van der Waals surface area contributed by atoms with Gasteiger partial charge in [-0.25, -0.2) is 9.88 Å². The van der Waals surface area contributed by atoms with Gasteiger partial charge in [0.1, 0.15) is 11.5 Å². The Hall–Kier alpha value is -3.81. The van der Waals surface area contributed by atoms with Crippen LogP contribution in [-0.2, 0) is 16.1 Å². The van der Waals surface area contributed by atoms with Crippen LogP contribution in [0.2, 0.25) is 0 Å². The molecule has 5 rings (SSSR count). The van der Waals surface area contributed by atoms with Crippen molar-refractivity contribution in [2.24, 2.45) is 10.3 Å². The Kier molecular flexibility index (Phi) is 5.08. The third-order valence-electron chi connectivity index (χ3n) is 6.18. The van der Waals surface area contributed by atoms with E-state index in [0.29, 0.717) is 29.0 Å². The molecular weight excluding hydrogens is 418 g/mol. The molecule has 8 heteroatoms. The molecule has 2 aromatic carbocycles. The minimum absolute atomic E-state index is 0.227. The molecule has 2 aliphatic rings. The minimum Gasteiger partial charge on any atom is -0.441 e. The Bertz CT molecular complexity index is 1240. The highest BCUT2D eigenvalue weighted by molar-refractivity contribution is 6.25. The van der Waals surface area contributed by atoms with Crippen molar-refractivity contribution in [2.75, 3.05) is 4.90 Å². The zero-order chi connectivity index (χ0) is 23.3. The van der Waals surface area contributed by atoms with Gasteiger partial charge >= 0.3 is 0 Å². The molecule has 2 aliphatic heterocycles. The van der Waals surface area contributed by atoms with Crippen LogP contribution in [-0.4, -0.2) is 33.9 Å². The van der Waals surface area contributed by atoms with E-state index < -0.39 is 12.1 Å². The molecule has 33 heavy (non-hydrogen) atoms. The van der Waals surface area contributed by atoms with Gasteiger partial charge in [0.25, 0.3) is 11.8 Å². The molecule has 8 nitrogen and oxygen atoms in total. The zero-order valence-corrected chi connectivity index (χ0v) is 19.0. The average Bonchev–Trinajstić information content (AvgIpc) is 3.45. The van der Waals surface area contributed by atoms with Gasteiger partial charge in [-0.15, -0.1) is 0 Å². The van der Waals surface area contributed by atoms with E-state index in [0.717, 1.165) is 16.7 Å². The van der Waals surface area contributed by atoms with Crippen molar-refractivity contribution < 1.29 is 14.0 Å². The number of carbonyl (C=O) groups is 2. The Morgan fingerprint density at radius 2 is 1.67 bits per heavy atom. The highest BCUT2D eigenvalue weighted by Crippen LogP contribution is 2.34. The van der Waals surface area contributed by atoms with Gasteiger partial charge in [0.05, 0.1) is 12.2 Å². The van der Waals surface area contributed by atoms with E-state index in [9.17, 15) is 9.59 Å². The number of anilines is 1. The third-order valence-corrected chi connectivity index (χ3v) is 6.18. The summed E-state index contributed by atoms with van der Waals surface area (Å²) < 4.78 is 5.86. The number of aromatic nitrogens is 1. The normalized spacial score (nSPS) is 19.8. The molecule has 2 amide bonds. The number of amides is 2. The minimum atomic E-state index is -0.842. The third kappa shape index (κ3) is 3.61. The Balaban J connectivity index is 1.37. The molecule has 0 N–H and O–H groups in total. The molecule has 3 heterocycles. The summed E-state index contributed by atoms with van der Waals surface area (Å²) in [6.07, 6.45) is 0. The zero-order valence-electron chi connectivity index (χ0n) is 19.0. The highest BCUT2D eigenvalue weighted by Gasteiger charge is 2.54. The van der Waals surface area contributed by atoms with Crippen LogP contribution in [0.15, 0.2) is 63.3 Å². The molecule has 0 aliphatic carbocycles. The maximum atomic E-state index is 13.3. The summed E-state index contributed by atoms with van der Waals surface area (Å²) >= 11 is 0. The number of carbonyl (C=O) groups excluding carboxylic acids is 2. The molecule has 1 aromatic heterocycles. The molecule has 0 unspecified atom stereocenters. The van der Waals surface area contributed by atoms with Crippen LogP contribution in [0.5, 0.6) is 0 Å². The largest absolute Gasteiger partial charge is 0.441 e. The lowest BCUT2D eigenvalue weighted by molar-refractivity contribution is -0.123. The van der Waals surface area contributed by atoms with Crippen LogP contribution in [0, 0.1) is 13.8 Å². The van der Waals surface area contributed by atoms with Crippen LogP contribution >= 0.6 is 0 Å². The van der Waals surface area contributed by atoms with Crippen LogP contribution in [0.25, 0.3) is 11.5 Å². The quantitative estimate of drug-likeness (QED) is 0.539. The Morgan fingerprint density at radius 3 is 2.33 bits per heavy atom. The molecule has 0 saturated carbocycles. The summed E-state index contributed by atoms with van der Waals surface area (Å²) in [6, 6.07) is 13.8. The second-order valence-electron chi connectivity index (χ2n) is 8.84. The van der Waals surface area contributed by atoms with Gasteiger partial charge in [-0.05, 0) is 49.6 Å². The van der Waals surface area contributed by atoms with Crippen molar-refractivity contribution in [1.29, 1.82) is 0 Å². The summed E-state index contributed by atoms with van der Waals surface area (Å²) in [7, 11) is 0. The number of benzene rings is 2. The molecule has 1 fully saturated rings. The fraction of sp³-hybridized carbons (Fsp3) is 0.320. The predicted molar refractivity (Wildman–Crippen MR) is 122 cm³/mol. The average molecular weight is 444 g/mol. The fourth-order valence-corrected chi connectivity index (χ4v) is 4.16. The Morgan fingerprint density at radius 1 is 0.970 bits per heavy atom. The van der Waals surface area contributed by atoms with Crippen LogP contribution in [0.1, 0.15) is 42.3 Å². The van der Waals surface area contributed by atoms with Crippen molar-refractivity contribution in [2.45, 2.75) is 52.2 Å². The van der Waals surface area contributed by atoms with Crippen molar-refractivity contribution in [3.63, 3.8) is 0 Å². The van der Waals surface area contributed by atoms with Gasteiger partial charge in [-0.3, -0.25) is 14.6 Å². The number of oxazole rings is 1. The van der Waals surface area contributed by atoms with E-state index in [2.05, 4.69) is 29.2 Å². The molecule has 168 valence electrons. The SMILES string of the molecule is Cc1ccc(-c2nc(CN3N=N[C@H]4C(=O)N(c5ccc(C(C)C)cc5)C(=O)[C@@H]43)c(C)o2)cc1. The van der Waals surface area contributed by atoms with E-state index in [1.54, 1.807) is 0 Å². The number of aryl methyl sites for hydroxylation is 2. The molecule has 3 aromatic rings. The topological polar surface area (TPSA) is 91.4 Å². The highest BCUT2D eigenvalue weighted by atomic mass is 16.4. The first-order chi connectivity index (χ1) is 15.8. The first-order valence-corrected chi connectivity index (χ1v) is 11.0. The second-order valence-corrected chi connectivity index (χ2v) is 8.84. The predicted octanol–water partition coefficient (Wildman–Crippen LogP) is 4.58. The fourth-order valence-electron chi connectivity index (χ4n) is 4.16. The second kappa shape index (κ2) is 7.95. The lowest BCUT2D eigenvalue weighted by Crippen LogP contribution is -2.39. The van der Waals surface area contributed by atoms with Gasteiger partial charge in [-0.2, -0.15) is 5.11 Å². The van der Waals surface area contributed by atoms with Crippen molar-refractivity contribution in [1.82, 2.24) is 9.99 Å². The summed E-state index contributed by atoms with van der Waals surface area (Å²) in [5, 5.41) is 9.78. The van der Waals surface area contributed by atoms with E-state index in [1.165, 1.54) is 9.91 Å². The Labute approximate surface area is 191 Å². The van der Waals surface area contributed by atoms with Gasteiger partial charge in [0, 0.05) is 5.56 Å². The molecular formula is C25H25N5O3. The van der Waals surface area contributed by atoms with Gasteiger partial charge in [0.15, 0.2) is 12.1 Å². The van der Waals surface area contributed by atoms with Crippen molar-refractivity contribution in [3.8, 4) is 11.5 Å². The monoisotopic (exact) mass is 443 g/mol. The van der Waals surface area contributed by atoms with E-state index in [1.807, 2.05) is 62.4 Å². The number of rotatable bonds is 5. The maximum Gasteiger partial charge on any atom is 0.263 e. The molecule has 1 saturated heterocycles. The lowest BCUT2D eigenvalue weighted by Gasteiger charge is -2.20. The van der Waals surface area contributed by atoms with Gasteiger partial charge < -0.3 is 4.42 Å². The van der Waals surface area contributed by atoms with Gasteiger partial charge in [-0.1, -0.05) is 48.9 Å². The van der Waals surface area contributed by atoms with Crippen LogP contribution < -0.4 is 4.90 Å². The smallest absolute Gasteiger partial charge is 0.263 e. The first kappa shape index (κ1) is 21.1. The molecule has 0 spiro atoms. The van der Waals surface area contributed by atoms with Crippen LogP contribution in [0.4, 0.5) is 5.69 Å². The van der Waals surface area contributed by atoms with Crippen LogP contribution in [0.3, 0.4) is 0 Å². The summed E-state index contributed by atoms with van der Waals surface area (Å²) in [4.78, 5) is 32.1. The lowest BCUT2D eigenvalue weighted by atomic mass is 10.0. The van der Waals surface area contributed by atoms with E-state index >= 15 is 0 Å². The number of fused-ring (bicyclic) bond motifs is 1. The first-order valence-electron chi connectivity index (χ1n) is 11.0. The van der Waals surface area contributed by atoms with E-state index in [4.69, 9.17) is 4.42 Å². The summed E-state index contributed by atoms with van der Waals surface area (Å²) in [6.45, 7) is 8.27. The standard InChI is InChI=1S/C25H25N5O3/c1-14(2)17-9-11-19(12-10-17)30-24(31)21-22(25(30)32)29(28-27-21)13-20-16(4)33-23(26-20)18-7-5-15(3)6-8-18/h5-12,14,21-22H,13H2,1-4H3/t21-,22-/m1/s1.